The highest BCUT2D eigenvalue weighted by atomic mass is 32.3. The van der Waals surface area contributed by atoms with Gasteiger partial charge >= 0.3 is 5.03 Å². The maximum absolute atomic E-state index is 10.9. The van der Waals surface area contributed by atoms with Gasteiger partial charge in [-0.15, -0.1) is 10.6 Å². The number of hydrogen-bond acceptors (Lipinski definition) is 5. The quantitative estimate of drug-likeness (QED) is 0.348. The number of nitro groups is 1. The molecular formula is C13H15N2O5S+. The Kier molecular flexibility index (Phi) is 4.12. The number of nitrogens with zero attached hydrogens (tertiary/aromatic N) is 2. The van der Waals surface area contributed by atoms with Crippen LogP contribution in [0.5, 0.6) is 0 Å². The molecule has 0 fully saturated rings. The van der Waals surface area contributed by atoms with Crippen molar-refractivity contribution in [1.29, 1.82) is 0 Å². The van der Waals surface area contributed by atoms with E-state index in [1.54, 1.807) is 25.1 Å². The Hall–Kier alpha value is -2.16. The van der Waals surface area contributed by atoms with Crippen LogP contribution in [0.2, 0.25) is 0 Å². The van der Waals surface area contributed by atoms with Gasteiger partial charge in [0.1, 0.15) is 0 Å². The van der Waals surface area contributed by atoms with Gasteiger partial charge in [-0.2, -0.15) is 0 Å². The summed E-state index contributed by atoms with van der Waals surface area (Å²) in [5.41, 5.74) is 0.834. The third-order valence-corrected chi connectivity index (χ3v) is 4.70. The van der Waals surface area contributed by atoms with E-state index in [1.165, 1.54) is 24.4 Å². The van der Waals surface area contributed by atoms with Crippen LogP contribution >= 0.6 is 10.6 Å². The molecular weight excluding hydrogens is 296 g/mol. The molecule has 21 heavy (non-hydrogen) atoms. The van der Waals surface area contributed by atoms with Gasteiger partial charge < -0.3 is 0 Å². The molecule has 0 bridgehead atoms. The Balaban J connectivity index is 2.35. The van der Waals surface area contributed by atoms with E-state index in [1.807, 2.05) is 0 Å². The molecule has 3 N–H and O–H groups in total. The van der Waals surface area contributed by atoms with Crippen LogP contribution in [0.25, 0.3) is 0 Å². The lowest BCUT2D eigenvalue weighted by Crippen LogP contribution is -2.35. The molecule has 1 aromatic heterocycles. The van der Waals surface area contributed by atoms with Crippen LogP contribution in [0.4, 0.5) is 5.69 Å². The maximum Gasteiger partial charge on any atom is 0.344 e. The smallest absolute Gasteiger partial charge is 0.290 e. The Morgan fingerprint density at radius 2 is 2.00 bits per heavy atom. The molecule has 0 radical (unpaired) electrons. The van der Waals surface area contributed by atoms with Gasteiger partial charge in [0.2, 0.25) is 6.20 Å². The van der Waals surface area contributed by atoms with Crippen molar-refractivity contribution in [3.05, 3.63) is 63.8 Å². The fourth-order valence-corrected chi connectivity index (χ4v) is 3.37. The molecule has 0 aliphatic heterocycles. The predicted octanol–water partition coefficient (Wildman–Crippen LogP) is 2.74. The van der Waals surface area contributed by atoms with E-state index in [-0.39, 0.29) is 16.5 Å². The lowest BCUT2D eigenvalue weighted by atomic mass is 10.1. The molecule has 0 atom stereocenters. The number of rotatable bonds is 4. The molecule has 112 valence electrons. The van der Waals surface area contributed by atoms with E-state index in [0.29, 0.717) is 15.9 Å². The van der Waals surface area contributed by atoms with E-state index in [0.717, 1.165) is 0 Å². The fourth-order valence-electron chi connectivity index (χ4n) is 1.93. The Morgan fingerprint density at radius 3 is 2.62 bits per heavy atom. The SMILES string of the molecule is Cc1ccc(CS(O)(O)c2cccc[n+]2O)cc1[N+](=O)[O-]. The Bertz CT molecular complexity index is 690. The summed E-state index contributed by atoms with van der Waals surface area (Å²) < 4.78 is 21.1. The second-order valence-corrected chi connectivity index (χ2v) is 6.61. The third-order valence-electron chi connectivity index (χ3n) is 2.98. The molecule has 7 nitrogen and oxygen atoms in total. The van der Waals surface area contributed by atoms with E-state index < -0.39 is 15.5 Å². The molecule has 0 aliphatic carbocycles. The zero-order valence-corrected chi connectivity index (χ0v) is 12.0. The topological polar surface area (TPSA) is 108 Å². The van der Waals surface area contributed by atoms with E-state index >= 15 is 0 Å². The summed E-state index contributed by atoms with van der Waals surface area (Å²) in [6.45, 7) is 1.61. The van der Waals surface area contributed by atoms with Gasteiger partial charge in [-0.25, -0.2) is 0 Å². The normalized spacial score (nSPS) is 12.1. The minimum atomic E-state index is -3.31. The summed E-state index contributed by atoms with van der Waals surface area (Å²) in [7, 11) is -3.31. The summed E-state index contributed by atoms with van der Waals surface area (Å²) in [4.78, 5) is 10.4. The van der Waals surface area contributed by atoms with Crippen molar-refractivity contribution < 1.29 is 24.0 Å². The predicted molar refractivity (Wildman–Crippen MR) is 76.5 cm³/mol. The molecule has 8 heteroatoms. The first-order valence-corrected chi connectivity index (χ1v) is 7.72. The number of aryl methyl sites for hydroxylation is 1. The van der Waals surface area contributed by atoms with Gasteiger partial charge in [0, 0.05) is 28.5 Å². The van der Waals surface area contributed by atoms with Crippen LogP contribution in [-0.4, -0.2) is 19.2 Å². The number of hydrogen-bond donors (Lipinski definition) is 3. The summed E-state index contributed by atoms with van der Waals surface area (Å²) in [5, 5.41) is 20.5. The summed E-state index contributed by atoms with van der Waals surface area (Å²) in [6.07, 6.45) is 1.28. The molecule has 0 aliphatic rings. The van der Waals surface area contributed by atoms with E-state index in [2.05, 4.69) is 0 Å². The Morgan fingerprint density at radius 1 is 1.29 bits per heavy atom. The Labute approximate surface area is 122 Å². The highest BCUT2D eigenvalue weighted by molar-refractivity contribution is 8.23. The van der Waals surface area contributed by atoms with Crippen molar-refractivity contribution in [1.82, 2.24) is 0 Å². The zero-order chi connectivity index (χ0) is 15.6. The molecule has 1 aromatic carbocycles. The highest BCUT2D eigenvalue weighted by Crippen LogP contribution is 2.49. The monoisotopic (exact) mass is 311 g/mol. The van der Waals surface area contributed by atoms with Crippen molar-refractivity contribution in [3.8, 4) is 0 Å². The minimum Gasteiger partial charge on any atom is -0.290 e. The second-order valence-electron chi connectivity index (χ2n) is 4.57. The minimum absolute atomic E-state index is 0.0479. The van der Waals surface area contributed by atoms with Crippen molar-refractivity contribution >= 4 is 16.3 Å². The van der Waals surface area contributed by atoms with Crippen molar-refractivity contribution in [3.63, 3.8) is 0 Å². The van der Waals surface area contributed by atoms with Gasteiger partial charge in [0.25, 0.3) is 5.69 Å². The fraction of sp³-hybridized carbons (Fsp3) is 0.154. The van der Waals surface area contributed by atoms with Crippen molar-refractivity contribution in [2.75, 3.05) is 0 Å². The van der Waals surface area contributed by atoms with Gasteiger partial charge in [-0.1, -0.05) is 12.1 Å². The molecule has 0 unspecified atom stereocenters. The summed E-state index contributed by atoms with van der Waals surface area (Å²) >= 11 is 0. The molecule has 2 rings (SSSR count). The molecule has 0 spiro atoms. The zero-order valence-electron chi connectivity index (χ0n) is 11.2. The molecule has 1 heterocycles. The van der Waals surface area contributed by atoms with Crippen LogP contribution < -0.4 is 4.73 Å². The summed E-state index contributed by atoms with van der Waals surface area (Å²) in [5.74, 6) is -0.210. The highest BCUT2D eigenvalue weighted by Gasteiger charge is 2.28. The van der Waals surface area contributed by atoms with Gasteiger partial charge in [0.05, 0.1) is 10.7 Å². The first-order chi connectivity index (χ1) is 9.81. The van der Waals surface area contributed by atoms with Crippen molar-refractivity contribution in [2.24, 2.45) is 0 Å². The molecule has 2 aromatic rings. The number of nitro benzene ring substituents is 1. The number of benzene rings is 1. The van der Waals surface area contributed by atoms with Crippen LogP contribution in [0.3, 0.4) is 0 Å². The van der Waals surface area contributed by atoms with Crippen LogP contribution in [0.1, 0.15) is 11.1 Å². The summed E-state index contributed by atoms with van der Waals surface area (Å²) in [6, 6.07) is 8.96. The lowest BCUT2D eigenvalue weighted by Gasteiger charge is -2.27. The standard InChI is InChI=1S/C13H14N2O5S/c1-10-5-6-11(8-12(10)15(17)18)9-21(19,20)13-4-2-3-7-14(13)16/h2-8H,9H2,1H3,(H2-,16,19,20)/p+1. The van der Waals surface area contributed by atoms with Gasteiger partial charge in [-0.3, -0.25) is 24.4 Å². The largest absolute Gasteiger partial charge is 0.344 e. The first-order valence-electron chi connectivity index (χ1n) is 6.01. The molecule has 0 saturated heterocycles. The lowest BCUT2D eigenvalue weighted by molar-refractivity contribution is -0.933. The van der Waals surface area contributed by atoms with E-state index in [4.69, 9.17) is 0 Å². The molecule has 0 amide bonds. The van der Waals surface area contributed by atoms with Crippen LogP contribution in [0, 0.1) is 17.0 Å². The number of aromatic nitrogens is 1. The average Bonchev–Trinajstić information content (AvgIpc) is 2.40. The van der Waals surface area contributed by atoms with Crippen molar-refractivity contribution in [2.45, 2.75) is 17.7 Å². The third kappa shape index (κ3) is 3.30. The maximum atomic E-state index is 10.9. The second kappa shape index (κ2) is 5.68. The van der Waals surface area contributed by atoms with Gasteiger partial charge in [0.15, 0.2) is 0 Å². The van der Waals surface area contributed by atoms with Crippen LogP contribution in [0.15, 0.2) is 47.6 Å². The average molecular weight is 311 g/mol. The first kappa shape index (κ1) is 15.2. The molecule has 0 saturated carbocycles. The van der Waals surface area contributed by atoms with Gasteiger partial charge in [-0.05, 0) is 18.6 Å². The van der Waals surface area contributed by atoms with Crippen LogP contribution in [-0.2, 0) is 5.75 Å². The number of pyridine rings is 1. The van der Waals surface area contributed by atoms with E-state index in [9.17, 15) is 24.4 Å².